The molecule has 5 rings (SSSR count). The molecule has 0 aliphatic carbocycles. The van der Waals surface area contributed by atoms with Crippen molar-refractivity contribution < 1.29 is 4.79 Å². The van der Waals surface area contributed by atoms with Crippen LogP contribution in [0.25, 0.3) is 0 Å². The van der Waals surface area contributed by atoms with Crippen molar-refractivity contribution in [1.82, 2.24) is 24.3 Å². The summed E-state index contributed by atoms with van der Waals surface area (Å²) in [4.78, 5) is 40.9. The van der Waals surface area contributed by atoms with Gasteiger partial charge in [0.2, 0.25) is 0 Å². The van der Waals surface area contributed by atoms with Crippen LogP contribution < -0.4 is 10.5 Å². The summed E-state index contributed by atoms with van der Waals surface area (Å²) >= 11 is 0. The Morgan fingerprint density at radius 2 is 1.87 bits per heavy atom. The van der Waals surface area contributed by atoms with E-state index < -0.39 is 0 Å². The first kappa shape index (κ1) is 19.7. The summed E-state index contributed by atoms with van der Waals surface area (Å²) in [7, 11) is 2.04. The van der Waals surface area contributed by atoms with Crippen LogP contribution in [0.15, 0.2) is 29.3 Å². The molecule has 2 saturated heterocycles. The van der Waals surface area contributed by atoms with Crippen LogP contribution >= 0.6 is 0 Å². The molecule has 160 valence electrons. The molecule has 2 atom stereocenters. The third kappa shape index (κ3) is 3.47. The zero-order valence-electron chi connectivity index (χ0n) is 17.6. The molecule has 31 heavy (non-hydrogen) atoms. The summed E-state index contributed by atoms with van der Waals surface area (Å²) in [6.45, 7) is 4.91. The Kier molecular flexibility index (Phi) is 4.94. The Hall–Kier alpha value is -3.25. The lowest BCUT2D eigenvalue weighted by Crippen LogP contribution is -2.50. The van der Waals surface area contributed by atoms with Crippen molar-refractivity contribution in [2.24, 2.45) is 5.92 Å². The summed E-state index contributed by atoms with van der Waals surface area (Å²) in [6.07, 6.45) is 4.12. The second kappa shape index (κ2) is 7.78. The maximum Gasteiger partial charge on any atom is 0.263 e. The quantitative estimate of drug-likeness (QED) is 0.700. The minimum Gasteiger partial charge on any atom is -0.353 e. The number of piperidine rings is 1. The number of piperazine rings is 1. The van der Waals surface area contributed by atoms with E-state index in [2.05, 4.69) is 25.8 Å². The summed E-state index contributed by atoms with van der Waals surface area (Å²) in [5.74, 6) is 0.856. The minimum absolute atomic E-state index is 0.154. The van der Waals surface area contributed by atoms with Crippen LogP contribution in [0.4, 0.5) is 5.82 Å². The van der Waals surface area contributed by atoms with Crippen molar-refractivity contribution in [2.75, 3.05) is 51.2 Å². The largest absolute Gasteiger partial charge is 0.353 e. The van der Waals surface area contributed by atoms with E-state index >= 15 is 0 Å². The van der Waals surface area contributed by atoms with Gasteiger partial charge >= 0.3 is 0 Å². The Bertz CT molecular complexity index is 1110. The first-order chi connectivity index (χ1) is 15.0. The first-order valence-corrected chi connectivity index (χ1v) is 10.7. The van der Waals surface area contributed by atoms with Crippen molar-refractivity contribution in [3.05, 3.63) is 51.8 Å². The molecule has 2 bridgehead atoms. The Labute approximate surface area is 180 Å². The lowest BCUT2D eigenvalue weighted by Gasteiger charge is -2.43. The van der Waals surface area contributed by atoms with Crippen molar-refractivity contribution in [1.29, 1.82) is 5.26 Å². The van der Waals surface area contributed by atoms with E-state index in [-0.39, 0.29) is 28.9 Å². The average molecular weight is 419 g/mol. The zero-order chi connectivity index (χ0) is 21.5. The average Bonchev–Trinajstić information content (AvgIpc) is 2.79. The summed E-state index contributed by atoms with van der Waals surface area (Å²) in [5, 5.41) is 9.39. The highest BCUT2D eigenvalue weighted by Crippen LogP contribution is 2.37. The summed E-state index contributed by atoms with van der Waals surface area (Å²) in [6, 6.07) is 5.77. The number of hydrogen-bond acceptors (Lipinski definition) is 7. The molecule has 0 N–H and O–H groups in total. The SMILES string of the molecule is CN1CCN(C(=O)c2ccc3n(c2=O)C[C@H]2C[C@@H]3CN(c3nccnc3C#N)C2)CC1. The van der Waals surface area contributed by atoms with Crippen LogP contribution in [-0.4, -0.2) is 76.6 Å². The molecular weight excluding hydrogens is 394 g/mol. The summed E-state index contributed by atoms with van der Waals surface area (Å²) < 4.78 is 1.81. The van der Waals surface area contributed by atoms with E-state index in [1.807, 2.05) is 13.1 Å². The molecule has 1 amide bonds. The third-order valence-electron chi connectivity index (χ3n) is 6.71. The monoisotopic (exact) mass is 419 g/mol. The number of rotatable bonds is 2. The van der Waals surface area contributed by atoms with Gasteiger partial charge in [-0.3, -0.25) is 9.59 Å². The molecule has 0 radical (unpaired) electrons. The topological polar surface area (TPSA) is 98.4 Å². The van der Waals surface area contributed by atoms with Crippen LogP contribution in [0.3, 0.4) is 0 Å². The first-order valence-electron chi connectivity index (χ1n) is 10.7. The Morgan fingerprint density at radius 3 is 2.65 bits per heavy atom. The van der Waals surface area contributed by atoms with Gasteiger partial charge in [0.05, 0.1) is 0 Å². The lowest BCUT2D eigenvalue weighted by atomic mass is 9.83. The molecule has 3 aliphatic heterocycles. The van der Waals surface area contributed by atoms with Crippen molar-refractivity contribution in [2.45, 2.75) is 18.9 Å². The lowest BCUT2D eigenvalue weighted by molar-refractivity contribution is 0.0661. The molecule has 2 aromatic rings. The fourth-order valence-electron chi connectivity index (χ4n) is 5.10. The van der Waals surface area contributed by atoms with E-state index in [4.69, 9.17) is 0 Å². The third-order valence-corrected chi connectivity index (χ3v) is 6.71. The van der Waals surface area contributed by atoms with E-state index in [0.29, 0.717) is 44.2 Å². The zero-order valence-corrected chi connectivity index (χ0v) is 17.6. The highest BCUT2D eigenvalue weighted by molar-refractivity contribution is 5.94. The number of amides is 1. The molecule has 0 unspecified atom stereocenters. The minimum atomic E-state index is -0.179. The van der Waals surface area contributed by atoms with Crippen LogP contribution in [0.2, 0.25) is 0 Å². The molecule has 2 fully saturated rings. The fraction of sp³-hybridized carbons (Fsp3) is 0.500. The molecular formula is C22H25N7O2. The predicted molar refractivity (Wildman–Crippen MR) is 114 cm³/mol. The van der Waals surface area contributed by atoms with Crippen LogP contribution in [0, 0.1) is 17.2 Å². The van der Waals surface area contributed by atoms with E-state index in [1.165, 1.54) is 6.20 Å². The smallest absolute Gasteiger partial charge is 0.263 e. The molecule has 0 aromatic carbocycles. The number of nitriles is 1. The van der Waals surface area contributed by atoms with Crippen LogP contribution in [0.5, 0.6) is 0 Å². The van der Waals surface area contributed by atoms with Gasteiger partial charge in [-0.25, -0.2) is 9.97 Å². The molecule has 2 aromatic heterocycles. The highest BCUT2D eigenvalue weighted by atomic mass is 16.2. The van der Waals surface area contributed by atoms with Crippen LogP contribution in [-0.2, 0) is 6.54 Å². The van der Waals surface area contributed by atoms with E-state index in [1.54, 1.807) is 21.7 Å². The van der Waals surface area contributed by atoms with Crippen molar-refractivity contribution in [3.8, 4) is 6.07 Å². The highest BCUT2D eigenvalue weighted by Gasteiger charge is 2.37. The van der Waals surface area contributed by atoms with E-state index in [9.17, 15) is 14.9 Å². The van der Waals surface area contributed by atoms with Gasteiger partial charge in [0, 0.05) is 69.8 Å². The number of nitrogens with zero attached hydrogens (tertiary/aromatic N) is 7. The number of fused-ring (bicyclic) bond motifs is 4. The molecule has 9 heteroatoms. The predicted octanol–water partition coefficient (Wildman–Crippen LogP) is 0.521. The summed E-state index contributed by atoms with van der Waals surface area (Å²) in [5.41, 5.74) is 1.38. The van der Waals surface area contributed by atoms with Gasteiger partial charge in [0.15, 0.2) is 11.5 Å². The van der Waals surface area contributed by atoms with Gasteiger partial charge in [-0.15, -0.1) is 0 Å². The molecule has 5 heterocycles. The number of carbonyl (C=O) groups is 1. The molecule has 0 spiro atoms. The van der Waals surface area contributed by atoms with E-state index in [0.717, 1.165) is 25.2 Å². The molecule has 3 aliphatic rings. The van der Waals surface area contributed by atoms with Gasteiger partial charge in [-0.1, -0.05) is 0 Å². The van der Waals surface area contributed by atoms with Crippen molar-refractivity contribution >= 4 is 11.7 Å². The van der Waals surface area contributed by atoms with Gasteiger partial charge < -0.3 is 19.3 Å². The maximum atomic E-state index is 13.3. The number of pyridine rings is 1. The number of anilines is 1. The number of hydrogen-bond donors (Lipinski definition) is 0. The molecule has 0 saturated carbocycles. The molecule has 9 nitrogen and oxygen atoms in total. The number of aromatic nitrogens is 3. The Balaban J connectivity index is 1.42. The van der Waals surface area contributed by atoms with Crippen molar-refractivity contribution in [3.63, 3.8) is 0 Å². The standard InChI is InChI=1S/C22H25N7O2/c1-26-6-8-27(9-7-26)21(30)17-2-3-19-16-10-15(13-29(19)22(17)31)12-28(14-16)20-18(11-23)24-4-5-25-20/h2-5,15-16H,6-10,12-14H2,1H3/t15-,16+/m0/s1. The van der Waals surface area contributed by atoms with Crippen LogP contribution in [0.1, 0.15) is 34.1 Å². The van der Waals surface area contributed by atoms with Gasteiger partial charge in [0.25, 0.3) is 11.5 Å². The van der Waals surface area contributed by atoms with Gasteiger partial charge in [0.1, 0.15) is 11.6 Å². The van der Waals surface area contributed by atoms with Gasteiger partial charge in [-0.2, -0.15) is 5.26 Å². The Morgan fingerprint density at radius 1 is 1.10 bits per heavy atom. The second-order valence-corrected chi connectivity index (χ2v) is 8.73. The number of likely N-dealkylation sites (N-methyl/N-ethyl adjacent to an activating group) is 1. The maximum absolute atomic E-state index is 13.3. The fourth-order valence-corrected chi connectivity index (χ4v) is 5.10. The number of carbonyl (C=O) groups excluding carboxylic acids is 1. The van der Waals surface area contributed by atoms with Gasteiger partial charge in [-0.05, 0) is 31.5 Å². The normalized spacial score (nSPS) is 23.2. The second-order valence-electron chi connectivity index (χ2n) is 8.73.